The minimum absolute atomic E-state index is 0.200. The van der Waals surface area contributed by atoms with Crippen molar-refractivity contribution in [1.82, 2.24) is 10.2 Å². The molecule has 32 heavy (non-hydrogen) atoms. The third-order valence-corrected chi connectivity index (χ3v) is 5.89. The van der Waals surface area contributed by atoms with Crippen molar-refractivity contribution in [3.8, 4) is 0 Å². The summed E-state index contributed by atoms with van der Waals surface area (Å²) in [5.74, 6) is -2.05. The number of likely N-dealkylation sites (tertiary alicyclic amines) is 1. The number of hydrogen-bond donors (Lipinski definition) is 2. The number of aryl methyl sites for hydroxylation is 1. The van der Waals surface area contributed by atoms with Crippen molar-refractivity contribution in [2.75, 3.05) is 26.4 Å². The molecule has 9 heteroatoms. The van der Waals surface area contributed by atoms with Crippen LogP contribution >= 0.6 is 0 Å². The zero-order chi connectivity index (χ0) is 23.1. The SMILES string of the molecule is CCOC(=O)C(CCc1ccccc1)N[C@@H](C)C(=O)N1CC(C2OCCO2)C[C@H]1C(=O)O. The summed E-state index contributed by atoms with van der Waals surface area (Å²) in [5.41, 5.74) is 1.08. The van der Waals surface area contributed by atoms with Gasteiger partial charge in [-0.25, -0.2) is 4.79 Å². The van der Waals surface area contributed by atoms with Gasteiger partial charge in [-0.15, -0.1) is 0 Å². The van der Waals surface area contributed by atoms with Crippen LogP contribution in [0.15, 0.2) is 30.3 Å². The molecule has 2 unspecified atom stereocenters. The van der Waals surface area contributed by atoms with Crippen LogP contribution in [-0.2, 0) is 35.0 Å². The maximum Gasteiger partial charge on any atom is 0.326 e. The van der Waals surface area contributed by atoms with Crippen LogP contribution in [-0.4, -0.2) is 78.6 Å². The van der Waals surface area contributed by atoms with Crippen LogP contribution in [0.2, 0.25) is 0 Å². The molecule has 0 bridgehead atoms. The largest absolute Gasteiger partial charge is 0.480 e. The molecule has 2 N–H and O–H groups in total. The topological polar surface area (TPSA) is 114 Å². The summed E-state index contributed by atoms with van der Waals surface area (Å²) >= 11 is 0. The van der Waals surface area contributed by atoms with Gasteiger partial charge in [0.1, 0.15) is 12.1 Å². The molecular weight excluding hydrogens is 416 g/mol. The van der Waals surface area contributed by atoms with Crippen LogP contribution in [0.25, 0.3) is 0 Å². The van der Waals surface area contributed by atoms with Gasteiger partial charge in [0.2, 0.25) is 5.91 Å². The van der Waals surface area contributed by atoms with Crippen molar-refractivity contribution >= 4 is 17.8 Å². The number of aliphatic carboxylic acids is 1. The molecule has 1 aromatic rings. The molecule has 2 heterocycles. The van der Waals surface area contributed by atoms with Gasteiger partial charge in [0.15, 0.2) is 6.29 Å². The van der Waals surface area contributed by atoms with E-state index in [0.29, 0.717) is 26.1 Å². The van der Waals surface area contributed by atoms with Crippen LogP contribution < -0.4 is 5.32 Å². The van der Waals surface area contributed by atoms with E-state index in [1.54, 1.807) is 13.8 Å². The zero-order valence-electron chi connectivity index (χ0n) is 18.6. The normalized spacial score (nSPS) is 23.1. The van der Waals surface area contributed by atoms with E-state index in [1.807, 2.05) is 30.3 Å². The summed E-state index contributed by atoms with van der Waals surface area (Å²) in [6, 6.07) is 7.36. The van der Waals surface area contributed by atoms with Crippen LogP contribution in [0, 0.1) is 5.92 Å². The van der Waals surface area contributed by atoms with E-state index >= 15 is 0 Å². The molecule has 2 aliphatic rings. The first kappa shape index (κ1) is 24.2. The number of carboxylic acid groups (broad SMARTS) is 1. The molecule has 0 radical (unpaired) electrons. The maximum absolute atomic E-state index is 13.2. The fourth-order valence-corrected chi connectivity index (χ4v) is 4.28. The maximum atomic E-state index is 13.2. The number of hydrogen-bond acceptors (Lipinski definition) is 7. The van der Waals surface area contributed by atoms with Crippen molar-refractivity contribution in [3.05, 3.63) is 35.9 Å². The van der Waals surface area contributed by atoms with Crippen LogP contribution in [0.4, 0.5) is 0 Å². The Balaban J connectivity index is 1.65. The first-order valence-electron chi connectivity index (χ1n) is 11.1. The van der Waals surface area contributed by atoms with Crippen molar-refractivity contribution in [1.29, 1.82) is 0 Å². The summed E-state index contributed by atoms with van der Waals surface area (Å²) in [6.07, 6.45) is 0.872. The summed E-state index contributed by atoms with van der Waals surface area (Å²) < 4.78 is 16.2. The zero-order valence-corrected chi connectivity index (χ0v) is 18.6. The second-order valence-corrected chi connectivity index (χ2v) is 8.17. The minimum atomic E-state index is -1.06. The average Bonchev–Trinajstić information content (AvgIpc) is 3.46. The number of amides is 1. The Morgan fingerprint density at radius 3 is 2.53 bits per heavy atom. The lowest BCUT2D eigenvalue weighted by molar-refractivity contribution is -0.150. The van der Waals surface area contributed by atoms with Gasteiger partial charge in [0, 0.05) is 12.5 Å². The Morgan fingerprint density at radius 2 is 1.91 bits per heavy atom. The van der Waals surface area contributed by atoms with Gasteiger partial charge >= 0.3 is 11.9 Å². The summed E-state index contributed by atoms with van der Waals surface area (Å²) in [5, 5.41) is 12.7. The molecule has 1 amide bonds. The molecule has 0 saturated carbocycles. The van der Waals surface area contributed by atoms with Gasteiger partial charge in [0.25, 0.3) is 0 Å². The number of rotatable bonds is 10. The van der Waals surface area contributed by atoms with Crippen molar-refractivity contribution in [2.24, 2.45) is 5.92 Å². The van der Waals surface area contributed by atoms with Gasteiger partial charge < -0.3 is 24.2 Å². The Labute approximate surface area is 188 Å². The van der Waals surface area contributed by atoms with Gasteiger partial charge in [-0.3, -0.25) is 14.9 Å². The molecular formula is C23H32N2O7. The Bertz CT molecular complexity index is 782. The third-order valence-electron chi connectivity index (χ3n) is 5.89. The number of benzene rings is 1. The van der Waals surface area contributed by atoms with E-state index < -0.39 is 36.4 Å². The molecule has 1 aromatic carbocycles. The Morgan fingerprint density at radius 1 is 1.22 bits per heavy atom. The number of nitrogens with one attached hydrogen (secondary N) is 1. The Hall–Kier alpha value is -2.49. The van der Waals surface area contributed by atoms with E-state index in [0.717, 1.165) is 5.56 Å². The highest BCUT2D eigenvalue weighted by Crippen LogP contribution is 2.30. The molecule has 0 aliphatic carbocycles. The minimum Gasteiger partial charge on any atom is -0.480 e. The summed E-state index contributed by atoms with van der Waals surface area (Å²) in [7, 11) is 0. The summed E-state index contributed by atoms with van der Waals surface area (Å²) in [6.45, 7) is 4.78. The predicted octanol–water partition coefficient (Wildman–Crippen LogP) is 1.20. The molecule has 9 nitrogen and oxygen atoms in total. The van der Waals surface area contributed by atoms with E-state index in [9.17, 15) is 19.5 Å². The van der Waals surface area contributed by atoms with E-state index in [2.05, 4.69) is 5.32 Å². The van der Waals surface area contributed by atoms with Crippen LogP contribution in [0.3, 0.4) is 0 Å². The fraction of sp³-hybridized carbons (Fsp3) is 0.609. The Kier molecular flexibility index (Phi) is 8.60. The highest BCUT2D eigenvalue weighted by atomic mass is 16.7. The van der Waals surface area contributed by atoms with E-state index in [1.165, 1.54) is 4.90 Å². The molecule has 2 saturated heterocycles. The smallest absolute Gasteiger partial charge is 0.326 e. The van der Waals surface area contributed by atoms with Crippen LogP contribution in [0.1, 0.15) is 32.3 Å². The highest BCUT2D eigenvalue weighted by Gasteiger charge is 2.45. The molecule has 2 aliphatic heterocycles. The molecule has 176 valence electrons. The predicted molar refractivity (Wildman–Crippen MR) is 115 cm³/mol. The van der Waals surface area contributed by atoms with Gasteiger partial charge in [-0.05, 0) is 38.7 Å². The number of nitrogens with zero attached hydrogens (tertiary/aromatic N) is 1. The van der Waals surface area contributed by atoms with E-state index in [-0.39, 0.29) is 31.4 Å². The quantitative estimate of drug-likeness (QED) is 0.514. The fourth-order valence-electron chi connectivity index (χ4n) is 4.28. The first-order valence-corrected chi connectivity index (χ1v) is 11.1. The molecule has 0 spiro atoms. The van der Waals surface area contributed by atoms with Crippen molar-refractivity contribution < 1.29 is 33.7 Å². The van der Waals surface area contributed by atoms with Gasteiger partial charge in [-0.1, -0.05) is 30.3 Å². The number of carbonyl (C=O) groups is 3. The number of esters is 1. The monoisotopic (exact) mass is 448 g/mol. The standard InChI is InChI=1S/C23H32N2O7/c1-3-30-22(29)18(10-9-16-7-5-4-6-8-16)24-15(2)20(26)25-14-17(13-19(25)21(27)28)23-31-11-12-32-23/h4-8,15,17-19,23-24H,3,9-14H2,1-2H3,(H,27,28)/t15-,17?,18?,19-/m0/s1. The number of carboxylic acids is 1. The van der Waals surface area contributed by atoms with E-state index in [4.69, 9.17) is 14.2 Å². The number of carbonyl (C=O) groups excluding carboxylic acids is 2. The van der Waals surface area contributed by atoms with Crippen LogP contribution in [0.5, 0.6) is 0 Å². The first-order chi connectivity index (χ1) is 15.4. The lowest BCUT2D eigenvalue weighted by Crippen LogP contribution is -2.53. The molecule has 0 aromatic heterocycles. The number of ether oxygens (including phenoxy) is 3. The lowest BCUT2D eigenvalue weighted by Gasteiger charge is -2.28. The third kappa shape index (κ3) is 6.05. The summed E-state index contributed by atoms with van der Waals surface area (Å²) in [4.78, 5) is 38.8. The second-order valence-electron chi connectivity index (χ2n) is 8.17. The molecule has 2 fully saturated rings. The second kappa shape index (κ2) is 11.4. The highest BCUT2D eigenvalue weighted by molar-refractivity contribution is 5.88. The van der Waals surface area contributed by atoms with Crippen molar-refractivity contribution in [3.63, 3.8) is 0 Å². The average molecular weight is 449 g/mol. The van der Waals surface area contributed by atoms with Crippen molar-refractivity contribution in [2.45, 2.75) is 57.5 Å². The van der Waals surface area contributed by atoms with Gasteiger partial charge in [-0.2, -0.15) is 0 Å². The molecule has 3 rings (SSSR count). The lowest BCUT2D eigenvalue weighted by atomic mass is 10.0. The van der Waals surface area contributed by atoms with Gasteiger partial charge in [0.05, 0.1) is 25.9 Å². The molecule has 4 atom stereocenters.